The second kappa shape index (κ2) is 5.57. The lowest BCUT2D eigenvalue weighted by atomic mass is 9.84. The van der Waals surface area contributed by atoms with Gasteiger partial charge in [-0.3, -0.25) is 4.79 Å². The minimum absolute atomic E-state index is 0.0292. The van der Waals surface area contributed by atoms with Crippen molar-refractivity contribution in [3.8, 4) is 0 Å². The first kappa shape index (κ1) is 13.6. The third-order valence-corrected chi connectivity index (χ3v) is 5.05. The van der Waals surface area contributed by atoms with Crippen LogP contribution in [-0.4, -0.2) is 23.9 Å². The molecule has 1 saturated carbocycles. The van der Waals surface area contributed by atoms with E-state index in [1.165, 1.54) is 17.5 Å². The Balaban J connectivity index is 1.76. The second-order valence-corrected chi connectivity index (χ2v) is 6.26. The molecule has 1 aromatic rings. The smallest absolute Gasteiger partial charge is 0.227 e. The number of carbonyl (C=O) groups is 1. The third kappa shape index (κ3) is 2.35. The van der Waals surface area contributed by atoms with Crippen molar-refractivity contribution in [3.63, 3.8) is 0 Å². The van der Waals surface area contributed by atoms with Gasteiger partial charge >= 0.3 is 0 Å². The van der Waals surface area contributed by atoms with E-state index in [-0.39, 0.29) is 23.9 Å². The molecule has 0 spiro atoms. The molecule has 1 aromatic carbocycles. The van der Waals surface area contributed by atoms with Crippen LogP contribution in [-0.2, 0) is 11.2 Å². The van der Waals surface area contributed by atoms with Gasteiger partial charge in [-0.1, -0.05) is 37.1 Å². The van der Waals surface area contributed by atoms with E-state index in [0.717, 1.165) is 32.1 Å². The van der Waals surface area contributed by atoms with E-state index in [0.29, 0.717) is 0 Å². The first-order valence-corrected chi connectivity index (χ1v) is 7.78. The van der Waals surface area contributed by atoms with Crippen molar-refractivity contribution in [1.29, 1.82) is 0 Å². The highest BCUT2D eigenvalue weighted by Gasteiger charge is 2.35. The molecule has 2 N–H and O–H groups in total. The van der Waals surface area contributed by atoms with Gasteiger partial charge in [0.15, 0.2) is 0 Å². The topological polar surface area (TPSA) is 46.3 Å². The largest absolute Gasteiger partial charge is 0.338 e. The molecule has 3 unspecified atom stereocenters. The molecule has 3 rings (SSSR count). The van der Waals surface area contributed by atoms with Gasteiger partial charge in [-0.25, -0.2) is 0 Å². The number of hydrogen-bond acceptors (Lipinski definition) is 2. The second-order valence-electron chi connectivity index (χ2n) is 6.26. The maximum atomic E-state index is 12.8. The molecule has 0 saturated heterocycles. The first-order valence-electron chi connectivity index (χ1n) is 7.78. The van der Waals surface area contributed by atoms with Crippen molar-refractivity contribution < 1.29 is 4.79 Å². The summed E-state index contributed by atoms with van der Waals surface area (Å²) < 4.78 is 0. The summed E-state index contributed by atoms with van der Waals surface area (Å²) in [7, 11) is 1.95. The molecular formula is C17H24N2O. The highest BCUT2D eigenvalue weighted by Crippen LogP contribution is 2.36. The minimum atomic E-state index is 0.0292. The van der Waals surface area contributed by atoms with E-state index in [4.69, 9.17) is 5.73 Å². The lowest BCUT2D eigenvalue weighted by molar-refractivity contribution is -0.138. The molecular weight excluding hydrogens is 248 g/mol. The summed E-state index contributed by atoms with van der Waals surface area (Å²) in [6.07, 6.45) is 6.38. The standard InChI is InChI=1S/C17H24N2O/c1-19(17(20)14-8-4-5-9-15(14)18)16-11-10-12-6-2-3-7-13(12)16/h2-3,6-7,14-16H,4-5,8-11,18H2,1H3. The van der Waals surface area contributed by atoms with Gasteiger partial charge in [0.25, 0.3) is 0 Å². The van der Waals surface area contributed by atoms with Crippen LogP contribution in [0.5, 0.6) is 0 Å². The predicted octanol–water partition coefficient (Wildman–Crippen LogP) is 2.65. The van der Waals surface area contributed by atoms with Crippen LogP contribution in [0.2, 0.25) is 0 Å². The van der Waals surface area contributed by atoms with Gasteiger partial charge in [-0.15, -0.1) is 0 Å². The molecule has 3 atom stereocenters. The molecule has 1 fully saturated rings. The fourth-order valence-corrected chi connectivity index (χ4v) is 3.82. The molecule has 0 aliphatic heterocycles. The quantitative estimate of drug-likeness (QED) is 0.899. The highest BCUT2D eigenvalue weighted by molar-refractivity contribution is 5.80. The van der Waals surface area contributed by atoms with Gasteiger partial charge in [0.2, 0.25) is 5.91 Å². The number of fused-ring (bicyclic) bond motifs is 1. The van der Waals surface area contributed by atoms with Gasteiger partial charge in [0, 0.05) is 13.1 Å². The summed E-state index contributed by atoms with van der Waals surface area (Å²) in [6.45, 7) is 0. The van der Waals surface area contributed by atoms with Crippen molar-refractivity contribution in [2.24, 2.45) is 11.7 Å². The SMILES string of the molecule is CN(C(=O)C1CCCCC1N)C1CCc2ccccc21. The van der Waals surface area contributed by atoms with Gasteiger partial charge < -0.3 is 10.6 Å². The lowest BCUT2D eigenvalue weighted by Gasteiger charge is -2.34. The molecule has 3 nitrogen and oxygen atoms in total. The summed E-state index contributed by atoms with van der Waals surface area (Å²) in [5, 5.41) is 0. The molecule has 108 valence electrons. The molecule has 3 heteroatoms. The third-order valence-electron chi connectivity index (χ3n) is 5.05. The first-order chi connectivity index (χ1) is 9.68. The van der Waals surface area contributed by atoms with Gasteiger partial charge in [0.05, 0.1) is 12.0 Å². The summed E-state index contributed by atoms with van der Waals surface area (Å²) in [6, 6.07) is 8.79. The molecule has 1 amide bonds. The Labute approximate surface area is 121 Å². The van der Waals surface area contributed by atoms with Crippen molar-refractivity contribution in [2.45, 2.75) is 50.6 Å². The number of nitrogens with two attached hydrogens (primary N) is 1. The lowest BCUT2D eigenvalue weighted by Crippen LogP contribution is -2.45. The zero-order chi connectivity index (χ0) is 14.1. The fraction of sp³-hybridized carbons (Fsp3) is 0.588. The molecule has 2 aliphatic rings. The normalized spacial score (nSPS) is 29.0. The summed E-state index contributed by atoms with van der Waals surface area (Å²) in [5.41, 5.74) is 8.88. The van der Waals surface area contributed by atoms with Gasteiger partial charge in [-0.05, 0) is 36.8 Å². The number of rotatable bonds is 2. The van der Waals surface area contributed by atoms with Gasteiger partial charge in [0.1, 0.15) is 0 Å². The molecule has 20 heavy (non-hydrogen) atoms. The van der Waals surface area contributed by atoms with Crippen LogP contribution in [0.25, 0.3) is 0 Å². The monoisotopic (exact) mass is 272 g/mol. The summed E-state index contributed by atoms with van der Waals surface area (Å²) >= 11 is 0. The van der Waals surface area contributed by atoms with Crippen LogP contribution in [0.4, 0.5) is 0 Å². The predicted molar refractivity (Wildman–Crippen MR) is 80.2 cm³/mol. The molecule has 0 radical (unpaired) electrons. The van der Waals surface area contributed by atoms with Crippen LogP contribution in [0.1, 0.15) is 49.3 Å². The molecule has 0 bridgehead atoms. The molecule has 2 aliphatic carbocycles. The van der Waals surface area contributed by atoms with Crippen LogP contribution in [0.15, 0.2) is 24.3 Å². The Kier molecular flexibility index (Phi) is 3.79. The number of carbonyl (C=O) groups excluding carboxylic acids is 1. The maximum absolute atomic E-state index is 12.8. The van der Waals surface area contributed by atoms with Crippen LogP contribution in [0.3, 0.4) is 0 Å². The van der Waals surface area contributed by atoms with Crippen LogP contribution in [0, 0.1) is 5.92 Å². The minimum Gasteiger partial charge on any atom is -0.338 e. The molecule has 0 aromatic heterocycles. The van der Waals surface area contributed by atoms with E-state index >= 15 is 0 Å². The maximum Gasteiger partial charge on any atom is 0.227 e. The summed E-state index contributed by atoms with van der Waals surface area (Å²) in [5.74, 6) is 0.278. The number of hydrogen-bond donors (Lipinski definition) is 1. The Morgan fingerprint density at radius 3 is 2.75 bits per heavy atom. The number of aryl methyl sites for hydroxylation is 1. The summed E-state index contributed by atoms with van der Waals surface area (Å²) in [4.78, 5) is 14.7. The average Bonchev–Trinajstić information content (AvgIpc) is 2.90. The van der Waals surface area contributed by atoms with Crippen LogP contribution >= 0.6 is 0 Å². The Morgan fingerprint density at radius 1 is 1.20 bits per heavy atom. The van der Waals surface area contributed by atoms with E-state index in [2.05, 4.69) is 24.3 Å². The Hall–Kier alpha value is -1.35. The Morgan fingerprint density at radius 2 is 1.95 bits per heavy atom. The number of nitrogens with zero attached hydrogens (tertiary/aromatic N) is 1. The van der Waals surface area contributed by atoms with E-state index in [1.54, 1.807) is 0 Å². The van der Waals surface area contributed by atoms with E-state index in [1.807, 2.05) is 11.9 Å². The molecule has 0 heterocycles. The average molecular weight is 272 g/mol. The fourth-order valence-electron chi connectivity index (χ4n) is 3.82. The Bertz CT molecular complexity index is 500. The van der Waals surface area contributed by atoms with Gasteiger partial charge in [-0.2, -0.15) is 0 Å². The van der Waals surface area contributed by atoms with Crippen LogP contribution < -0.4 is 5.73 Å². The van der Waals surface area contributed by atoms with Crippen molar-refractivity contribution >= 4 is 5.91 Å². The van der Waals surface area contributed by atoms with Crippen molar-refractivity contribution in [1.82, 2.24) is 4.90 Å². The van der Waals surface area contributed by atoms with Crippen molar-refractivity contribution in [3.05, 3.63) is 35.4 Å². The highest BCUT2D eigenvalue weighted by atomic mass is 16.2. The number of amides is 1. The zero-order valence-electron chi connectivity index (χ0n) is 12.2. The van der Waals surface area contributed by atoms with Crippen molar-refractivity contribution in [2.75, 3.05) is 7.05 Å². The van der Waals surface area contributed by atoms with E-state index < -0.39 is 0 Å². The zero-order valence-corrected chi connectivity index (χ0v) is 12.2. The van der Waals surface area contributed by atoms with E-state index in [9.17, 15) is 4.79 Å². The number of benzene rings is 1.